The second kappa shape index (κ2) is 6.50. The Hall–Kier alpha value is -1.65. The van der Waals surface area contributed by atoms with Crippen molar-refractivity contribution < 1.29 is 4.98 Å². The quantitative estimate of drug-likeness (QED) is 0.854. The van der Waals surface area contributed by atoms with Gasteiger partial charge in [-0.15, -0.1) is 0 Å². The van der Waals surface area contributed by atoms with Crippen LogP contribution in [0.3, 0.4) is 0 Å². The van der Waals surface area contributed by atoms with Gasteiger partial charge < -0.3 is 10.6 Å². The van der Waals surface area contributed by atoms with E-state index in [4.69, 9.17) is 23.8 Å². The average Bonchev–Trinajstić information content (AvgIpc) is 2.43. The molecule has 0 bridgehead atoms. The van der Waals surface area contributed by atoms with Gasteiger partial charge in [-0.25, -0.2) is 4.98 Å². The van der Waals surface area contributed by atoms with Crippen LogP contribution in [0, 0.1) is 6.92 Å². The Morgan fingerprint density at radius 1 is 1.32 bits per heavy atom. The molecule has 19 heavy (non-hydrogen) atoms. The number of hydrogen-bond acceptors (Lipinski definition) is 1. The van der Waals surface area contributed by atoms with E-state index in [0.29, 0.717) is 11.7 Å². The molecule has 5 heteroatoms. The molecule has 0 amide bonds. The minimum absolute atomic E-state index is 0.578. The monoisotopic (exact) mass is 292 g/mol. The molecule has 0 aliphatic heterocycles. The number of halogens is 1. The van der Waals surface area contributed by atoms with Gasteiger partial charge in [0.05, 0.1) is 0 Å². The van der Waals surface area contributed by atoms with E-state index >= 15 is 0 Å². The normalized spacial score (nSPS) is 10.0. The summed E-state index contributed by atoms with van der Waals surface area (Å²) < 4.78 is 0. The van der Waals surface area contributed by atoms with Gasteiger partial charge in [0, 0.05) is 28.9 Å². The lowest BCUT2D eigenvalue weighted by atomic mass is 10.2. The van der Waals surface area contributed by atoms with Crippen LogP contribution >= 0.6 is 23.8 Å². The van der Waals surface area contributed by atoms with E-state index in [1.165, 1.54) is 0 Å². The summed E-state index contributed by atoms with van der Waals surface area (Å²) in [5.74, 6) is 0. The zero-order valence-electron chi connectivity index (χ0n) is 10.5. The smallest absolute Gasteiger partial charge is 0.171 e. The van der Waals surface area contributed by atoms with Crippen LogP contribution in [0.5, 0.6) is 0 Å². The fourth-order valence-electron chi connectivity index (χ4n) is 1.63. The van der Waals surface area contributed by atoms with Crippen molar-refractivity contribution in [3.05, 3.63) is 58.9 Å². The van der Waals surface area contributed by atoms with E-state index in [-0.39, 0.29) is 0 Å². The summed E-state index contributed by atoms with van der Waals surface area (Å²) in [5.41, 5.74) is 3.04. The largest absolute Gasteiger partial charge is 0.358 e. The van der Waals surface area contributed by atoms with E-state index < -0.39 is 0 Å². The molecule has 0 unspecified atom stereocenters. The SMILES string of the molecule is Cc1c(Cl)cccc1NC(=S)NCc1ccc[nH+]c1. The summed E-state index contributed by atoms with van der Waals surface area (Å²) in [6, 6.07) is 9.68. The maximum atomic E-state index is 6.06. The molecular formula is C14H15ClN3S+. The highest BCUT2D eigenvalue weighted by Gasteiger charge is 2.04. The van der Waals surface area contributed by atoms with Crippen LogP contribution in [0.25, 0.3) is 0 Å². The molecule has 0 fully saturated rings. The van der Waals surface area contributed by atoms with E-state index in [1.807, 2.05) is 49.6 Å². The van der Waals surface area contributed by atoms with Crippen molar-refractivity contribution in [3.8, 4) is 0 Å². The number of pyridine rings is 1. The first-order valence-electron chi connectivity index (χ1n) is 5.92. The third kappa shape index (κ3) is 3.91. The van der Waals surface area contributed by atoms with Gasteiger partial charge in [-0.1, -0.05) is 17.7 Å². The zero-order chi connectivity index (χ0) is 13.7. The van der Waals surface area contributed by atoms with Crippen LogP contribution in [0.2, 0.25) is 5.02 Å². The molecule has 0 atom stereocenters. The molecule has 0 aliphatic carbocycles. The first kappa shape index (κ1) is 13.8. The van der Waals surface area contributed by atoms with Gasteiger partial charge in [-0.2, -0.15) is 0 Å². The summed E-state index contributed by atoms with van der Waals surface area (Å²) in [5, 5.41) is 7.60. The number of nitrogens with one attached hydrogen (secondary N) is 3. The number of H-pyrrole nitrogens is 1. The number of hydrogen-bond donors (Lipinski definition) is 2. The highest BCUT2D eigenvalue weighted by Crippen LogP contribution is 2.22. The summed E-state index contributed by atoms with van der Waals surface area (Å²) in [6.07, 6.45) is 3.80. The molecule has 3 N–H and O–H groups in total. The number of thiocarbonyl (C=S) groups is 1. The lowest BCUT2D eigenvalue weighted by molar-refractivity contribution is -0.378. The molecule has 1 aromatic carbocycles. The van der Waals surface area contributed by atoms with Crippen molar-refractivity contribution in [3.63, 3.8) is 0 Å². The molecule has 1 heterocycles. The molecule has 1 aromatic heterocycles. The molecule has 0 aliphatic rings. The molecule has 0 spiro atoms. The Labute approximate surface area is 123 Å². The highest BCUT2D eigenvalue weighted by atomic mass is 35.5. The molecule has 98 valence electrons. The molecule has 0 saturated heterocycles. The fraction of sp³-hybridized carbons (Fsp3) is 0.143. The van der Waals surface area contributed by atoms with E-state index in [0.717, 1.165) is 21.8 Å². The van der Waals surface area contributed by atoms with E-state index in [1.54, 1.807) is 0 Å². The highest BCUT2D eigenvalue weighted by molar-refractivity contribution is 7.80. The Kier molecular flexibility index (Phi) is 4.71. The Morgan fingerprint density at radius 3 is 2.89 bits per heavy atom. The first-order chi connectivity index (χ1) is 9.16. The van der Waals surface area contributed by atoms with Crippen LogP contribution in [-0.2, 0) is 6.54 Å². The predicted molar refractivity (Wildman–Crippen MR) is 82.2 cm³/mol. The lowest BCUT2D eigenvalue weighted by Gasteiger charge is -2.12. The van der Waals surface area contributed by atoms with Gasteiger partial charge >= 0.3 is 0 Å². The number of aromatic nitrogens is 1. The molecule has 2 rings (SSSR count). The van der Waals surface area contributed by atoms with Crippen molar-refractivity contribution in [1.29, 1.82) is 0 Å². The van der Waals surface area contributed by atoms with Gasteiger partial charge in [0.2, 0.25) is 0 Å². The maximum absolute atomic E-state index is 6.06. The molecule has 2 aromatic rings. The van der Waals surface area contributed by atoms with Gasteiger partial charge in [-0.3, -0.25) is 0 Å². The van der Waals surface area contributed by atoms with E-state index in [9.17, 15) is 0 Å². The predicted octanol–water partition coefficient (Wildman–Crippen LogP) is 2.95. The Bertz CT molecular complexity index is 572. The fourth-order valence-corrected chi connectivity index (χ4v) is 1.99. The number of benzene rings is 1. The standard InChI is InChI=1S/C14H14ClN3S/c1-10-12(15)5-2-6-13(10)18-14(19)17-9-11-4-3-7-16-8-11/h2-8H,9H2,1H3,(H2,17,18,19)/p+1. The van der Waals surface area contributed by atoms with Crippen LogP contribution in [0.15, 0.2) is 42.7 Å². The van der Waals surface area contributed by atoms with E-state index in [2.05, 4.69) is 15.6 Å². The van der Waals surface area contributed by atoms with Crippen LogP contribution in [0.4, 0.5) is 5.69 Å². The van der Waals surface area contributed by atoms with Crippen molar-refractivity contribution in [2.24, 2.45) is 0 Å². The van der Waals surface area contributed by atoms with Crippen molar-refractivity contribution in [1.82, 2.24) is 5.32 Å². The second-order valence-corrected chi connectivity index (χ2v) is 4.95. The maximum Gasteiger partial charge on any atom is 0.171 e. The average molecular weight is 293 g/mol. The molecule has 0 radical (unpaired) electrons. The summed E-state index contributed by atoms with van der Waals surface area (Å²) >= 11 is 11.3. The van der Waals surface area contributed by atoms with Gasteiger partial charge in [0.15, 0.2) is 17.5 Å². The number of anilines is 1. The number of aromatic amines is 1. The first-order valence-corrected chi connectivity index (χ1v) is 6.70. The minimum atomic E-state index is 0.578. The molecular weight excluding hydrogens is 278 g/mol. The van der Waals surface area contributed by atoms with Crippen LogP contribution in [-0.4, -0.2) is 5.11 Å². The Morgan fingerprint density at radius 2 is 2.16 bits per heavy atom. The van der Waals surface area contributed by atoms with Gasteiger partial charge in [-0.05, 0) is 42.9 Å². The summed E-state index contributed by atoms with van der Waals surface area (Å²) in [4.78, 5) is 3.03. The van der Waals surface area contributed by atoms with Crippen molar-refractivity contribution in [2.75, 3.05) is 5.32 Å². The third-order valence-electron chi connectivity index (χ3n) is 2.74. The molecule has 0 saturated carbocycles. The number of rotatable bonds is 3. The molecule has 3 nitrogen and oxygen atoms in total. The topological polar surface area (TPSA) is 38.2 Å². The second-order valence-electron chi connectivity index (χ2n) is 4.13. The minimum Gasteiger partial charge on any atom is -0.358 e. The van der Waals surface area contributed by atoms with Crippen LogP contribution in [0.1, 0.15) is 11.1 Å². The van der Waals surface area contributed by atoms with Crippen molar-refractivity contribution >= 4 is 34.6 Å². The Balaban J connectivity index is 1.93. The summed E-state index contributed by atoms with van der Waals surface area (Å²) in [7, 11) is 0. The van der Waals surface area contributed by atoms with Crippen molar-refractivity contribution in [2.45, 2.75) is 13.5 Å². The summed E-state index contributed by atoms with van der Waals surface area (Å²) in [6.45, 7) is 2.63. The third-order valence-corrected chi connectivity index (χ3v) is 3.40. The van der Waals surface area contributed by atoms with Gasteiger partial charge in [0.1, 0.15) is 0 Å². The lowest BCUT2D eigenvalue weighted by Crippen LogP contribution is -2.28. The van der Waals surface area contributed by atoms with Crippen LogP contribution < -0.4 is 15.6 Å². The zero-order valence-corrected chi connectivity index (χ0v) is 12.1. The van der Waals surface area contributed by atoms with Gasteiger partial charge in [0.25, 0.3) is 0 Å².